The van der Waals surface area contributed by atoms with Gasteiger partial charge in [-0.25, -0.2) is 15.4 Å². The molecule has 0 spiro atoms. The summed E-state index contributed by atoms with van der Waals surface area (Å²) in [6, 6.07) is 10.6. The van der Waals surface area contributed by atoms with Gasteiger partial charge in [-0.15, -0.1) is 0 Å². The maximum atomic E-state index is 4.55. The van der Waals surface area contributed by atoms with E-state index in [1.807, 2.05) is 19.9 Å². The quantitative estimate of drug-likeness (QED) is 0.554. The lowest BCUT2D eigenvalue weighted by Gasteiger charge is -2.07. The average Bonchev–Trinajstić information content (AvgIpc) is 2.58. The predicted molar refractivity (Wildman–Crippen MR) is 102 cm³/mol. The fourth-order valence-corrected chi connectivity index (χ4v) is 2.57. The van der Waals surface area contributed by atoms with Crippen LogP contribution in [0.1, 0.15) is 62.5 Å². The van der Waals surface area contributed by atoms with E-state index in [1.165, 1.54) is 12.0 Å². The van der Waals surface area contributed by atoms with Gasteiger partial charge in [0.1, 0.15) is 0 Å². The molecule has 0 aliphatic rings. The molecule has 0 saturated carbocycles. The van der Waals surface area contributed by atoms with E-state index >= 15 is 0 Å². The minimum absolute atomic E-state index is 0.572. The van der Waals surface area contributed by atoms with Gasteiger partial charge in [-0.05, 0) is 50.3 Å². The smallest absolute Gasteiger partial charge is 0.243 e. The standard InChI is InChI=1S/C20H28N4/c1-5-7-9-19-14-15(3)21-20(22-19)24-23-16(4)18-12-10-17(8-6-2)11-13-18/h10-14H,5-9H2,1-4H3,(H,21,22,24). The molecule has 2 aromatic rings. The van der Waals surface area contributed by atoms with Gasteiger partial charge >= 0.3 is 0 Å². The van der Waals surface area contributed by atoms with E-state index in [0.717, 1.165) is 48.3 Å². The lowest BCUT2D eigenvalue weighted by atomic mass is 10.1. The molecule has 128 valence electrons. The van der Waals surface area contributed by atoms with Crippen LogP contribution in [0.4, 0.5) is 5.95 Å². The highest BCUT2D eigenvalue weighted by Gasteiger charge is 2.03. The Kier molecular flexibility index (Phi) is 6.91. The second kappa shape index (κ2) is 9.16. The maximum Gasteiger partial charge on any atom is 0.243 e. The Labute approximate surface area is 145 Å². The topological polar surface area (TPSA) is 50.2 Å². The zero-order chi connectivity index (χ0) is 17.4. The third kappa shape index (κ3) is 5.44. The van der Waals surface area contributed by atoms with Crippen molar-refractivity contribution in [3.63, 3.8) is 0 Å². The number of unbranched alkanes of at least 4 members (excludes halogenated alkanes) is 1. The Hall–Kier alpha value is -2.23. The Morgan fingerprint density at radius 3 is 2.46 bits per heavy atom. The minimum Gasteiger partial charge on any atom is -0.245 e. The minimum atomic E-state index is 0.572. The molecule has 0 atom stereocenters. The molecule has 1 aromatic carbocycles. The number of nitrogens with one attached hydrogen (secondary N) is 1. The molecule has 0 unspecified atom stereocenters. The van der Waals surface area contributed by atoms with E-state index < -0.39 is 0 Å². The van der Waals surface area contributed by atoms with Gasteiger partial charge in [-0.2, -0.15) is 5.10 Å². The van der Waals surface area contributed by atoms with Crippen molar-refractivity contribution in [2.45, 2.75) is 59.8 Å². The summed E-state index contributed by atoms with van der Waals surface area (Å²) in [4.78, 5) is 8.96. The SMILES string of the molecule is CCCCc1cc(C)nc(NN=C(C)c2ccc(CCC)cc2)n1. The molecule has 0 saturated heterocycles. The van der Waals surface area contributed by atoms with Crippen molar-refractivity contribution in [2.24, 2.45) is 5.10 Å². The normalized spacial score (nSPS) is 11.6. The van der Waals surface area contributed by atoms with Crippen LogP contribution in [-0.4, -0.2) is 15.7 Å². The number of aromatic nitrogens is 2. The van der Waals surface area contributed by atoms with Gasteiger partial charge < -0.3 is 0 Å². The fraction of sp³-hybridized carbons (Fsp3) is 0.450. The lowest BCUT2D eigenvalue weighted by molar-refractivity contribution is 0.772. The third-order valence-electron chi connectivity index (χ3n) is 3.93. The van der Waals surface area contributed by atoms with Crippen LogP contribution in [-0.2, 0) is 12.8 Å². The summed E-state index contributed by atoms with van der Waals surface area (Å²) in [5, 5.41) is 4.44. The van der Waals surface area contributed by atoms with Gasteiger partial charge in [-0.1, -0.05) is 51.0 Å². The summed E-state index contributed by atoms with van der Waals surface area (Å²) in [7, 11) is 0. The molecule has 2 rings (SSSR count). The molecule has 4 nitrogen and oxygen atoms in total. The first kappa shape index (κ1) is 18.1. The number of hydrogen-bond acceptors (Lipinski definition) is 4. The Morgan fingerprint density at radius 2 is 1.79 bits per heavy atom. The molecule has 0 aliphatic carbocycles. The number of benzene rings is 1. The molecule has 0 radical (unpaired) electrons. The lowest BCUT2D eigenvalue weighted by Crippen LogP contribution is -2.05. The van der Waals surface area contributed by atoms with E-state index in [4.69, 9.17) is 0 Å². The summed E-state index contributed by atoms with van der Waals surface area (Å²) in [5.74, 6) is 0.572. The van der Waals surface area contributed by atoms with Crippen LogP contribution in [0.5, 0.6) is 0 Å². The zero-order valence-corrected chi connectivity index (χ0v) is 15.3. The van der Waals surface area contributed by atoms with Crippen LogP contribution in [0.15, 0.2) is 35.4 Å². The largest absolute Gasteiger partial charge is 0.245 e. The number of aryl methyl sites for hydroxylation is 3. The van der Waals surface area contributed by atoms with Crippen LogP contribution in [0.3, 0.4) is 0 Å². The van der Waals surface area contributed by atoms with Crippen molar-refractivity contribution in [3.8, 4) is 0 Å². The molecule has 0 amide bonds. The summed E-state index contributed by atoms with van der Waals surface area (Å²) >= 11 is 0. The summed E-state index contributed by atoms with van der Waals surface area (Å²) in [6.45, 7) is 8.37. The van der Waals surface area contributed by atoms with Gasteiger partial charge in [0.25, 0.3) is 0 Å². The number of hydrazone groups is 1. The Morgan fingerprint density at radius 1 is 1.04 bits per heavy atom. The van der Waals surface area contributed by atoms with Crippen LogP contribution >= 0.6 is 0 Å². The summed E-state index contributed by atoms with van der Waals surface area (Å²) < 4.78 is 0. The predicted octanol–water partition coefficient (Wildman–Crippen LogP) is 4.92. The third-order valence-corrected chi connectivity index (χ3v) is 3.93. The molecule has 24 heavy (non-hydrogen) atoms. The van der Waals surface area contributed by atoms with Crippen molar-refractivity contribution in [1.82, 2.24) is 9.97 Å². The molecule has 1 aromatic heterocycles. The highest BCUT2D eigenvalue weighted by Crippen LogP contribution is 2.10. The number of nitrogens with zero attached hydrogens (tertiary/aromatic N) is 3. The molecule has 0 aliphatic heterocycles. The Bertz CT molecular complexity index is 675. The molecule has 1 heterocycles. The average molecular weight is 324 g/mol. The molecule has 4 heteroatoms. The molecule has 0 fully saturated rings. The van der Waals surface area contributed by atoms with Crippen LogP contribution in [0.25, 0.3) is 0 Å². The number of anilines is 1. The van der Waals surface area contributed by atoms with E-state index in [1.54, 1.807) is 0 Å². The van der Waals surface area contributed by atoms with Gasteiger partial charge in [-0.3, -0.25) is 0 Å². The van der Waals surface area contributed by atoms with E-state index in [0.29, 0.717) is 5.95 Å². The Balaban J connectivity index is 2.07. The summed E-state index contributed by atoms with van der Waals surface area (Å²) in [5.41, 5.74) is 8.45. The highest BCUT2D eigenvalue weighted by atomic mass is 15.4. The first-order valence-corrected chi connectivity index (χ1v) is 8.86. The highest BCUT2D eigenvalue weighted by molar-refractivity contribution is 5.99. The summed E-state index contributed by atoms with van der Waals surface area (Å²) in [6.07, 6.45) is 5.57. The number of hydrogen-bond donors (Lipinski definition) is 1. The number of rotatable bonds is 8. The van der Waals surface area contributed by atoms with Gasteiger partial charge in [0.2, 0.25) is 5.95 Å². The first-order valence-electron chi connectivity index (χ1n) is 8.86. The fourth-order valence-electron chi connectivity index (χ4n) is 2.57. The molecule has 1 N–H and O–H groups in total. The van der Waals surface area contributed by atoms with Gasteiger partial charge in [0.15, 0.2) is 0 Å². The second-order valence-corrected chi connectivity index (χ2v) is 6.18. The zero-order valence-electron chi connectivity index (χ0n) is 15.3. The van der Waals surface area contributed by atoms with Crippen molar-refractivity contribution in [3.05, 3.63) is 52.8 Å². The molecular weight excluding hydrogens is 296 g/mol. The van der Waals surface area contributed by atoms with Crippen molar-refractivity contribution >= 4 is 11.7 Å². The van der Waals surface area contributed by atoms with Crippen LogP contribution < -0.4 is 5.43 Å². The van der Waals surface area contributed by atoms with Crippen molar-refractivity contribution in [2.75, 3.05) is 5.43 Å². The van der Waals surface area contributed by atoms with Gasteiger partial charge in [0, 0.05) is 11.4 Å². The van der Waals surface area contributed by atoms with E-state index in [2.05, 4.69) is 58.6 Å². The van der Waals surface area contributed by atoms with E-state index in [-0.39, 0.29) is 0 Å². The van der Waals surface area contributed by atoms with Crippen LogP contribution in [0, 0.1) is 6.92 Å². The first-order chi connectivity index (χ1) is 11.6. The van der Waals surface area contributed by atoms with E-state index in [9.17, 15) is 0 Å². The van der Waals surface area contributed by atoms with Crippen molar-refractivity contribution in [1.29, 1.82) is 0 Å². The maximum absolute atomic E-state index is 4.55. The molecule has 0 bridgehead atoms. The van der Waals surface area contributed by atoms with Gasteiger partial charge in [0.05, 0.1) is 5.71 Å². The van der Waals surface area contributed by atoms with Crippen LogP contribution in [0.2, 0.25) is 0 Å². The second-order valence-electron chi connectivity index (χ2n) is 6.18. The molecular formula is C20H28N4. The monoisotopic (exact) mass is 324 g/mol. The van der Waals surface area contributed by atoms with Crippen molar-refractivity contribution < 1.29 is 0 Å².